The van der Waals surface area contributed by atoms with Crippen LogP contribution in [0.4, 0.5) is 0 Å². The molecule has 0 spiro atoms. The summed E-state index contributed by atoms with van der Waals surface area (Å²) in [5.74, 6) is 0.195. The molecule has 2 N–H and O–H groups in total. The van der Waals surface area contributed by atoms with Crippen molar-refractivity contribution in [1.82, 2.24) is 10.0 Å². The largest absolute Gasteiger partial charge is 0.355 e. The molecule has 0 radical (unpaired) electrons. The molecule has 1 rings (SSSR count). The number of rotatable bonds is 7. The molecule has 112 valence electrons. The summed E-state index contributed by atoms with van der Waals surface area (Å²) in [7, 11) is -3.59. The smallest absolute Gasteiger partial charge is 0.240 e. The molecule has 1 aromatic carbocycles. The molecule has 1 aromatic rings. The normalized spacial score (nSPS) is 11.6. The minimum Gasteiger partial charge on any atom is -0.355 e. The molecule has 5 nitrogen and oxygen atoms in total. The van der Waals surface area contributed by atoms with Crippen LogP contribution in [0.5, 0.6) is 0 Å². The Kier molecular flexibility index (Phi) is 6.45. The van der Waals surface area contributed by atoms with Gasteiger partial charge in [0, 0.05) is 24.5 Å². The summed E-state index contributed by atoms with van der Waals surface area (Å²) < 4.78 is 26.3. The first-order valence-electron chi connectivity index (χ1n) is 6.33. The Labute approximate surface area is 124 Å². The van der Waals surface area contributed by atoms with Crippen molar-refractivity contribution in [2.75, 3.05) is 13.1 Å². The summed E-state index contributed by atoms with van der Waals surface area (Å²) in [5, 5.41) is 3.02. The molecule has 0 heterocycles. The second-order valence-corrected chi connectivity index (χ2v) is 7.01. The van der Waals surface area contributed by atoms with Crippen LogP contribution in [0.3, 0.4) is 0 Å². The lowest BCUT2D eigenvalue weighted by Gasteiger charge is -2.09. The van der Waals surface area contributed by atoms with Gasteiger partial charge in [0.15, 0.2) is 0 Å². The van der Waals surface area contributed by atoms with E-state index in [0.717, 1.165) is 0 Å². The van der Waals surface area contributed by atoms with Gasteiger partial charge in [-0.15, -0.1) is 0 Å². The summed E-state index contributed by atoms with van der Waals surface area (Å²) >= 11 is 5.75. The van der Waals surface area contributed by atoms with Gasteiger partial charge in [0.2, 0.25) is 15.9 Å². The molecule has 0 aliphatic heterocycles. The third kappa shape index (κ3) is 5.90. The van der Waals surface area contributed by atoms with E-state index in [2.05, 4.69) is 10.0 Å². The van der Waals surface area contributed by atoms with Crippen LogP contribution in [0.15, 0.2) is 29.2 Å². The fraction of sp³-hybridized carbons (Fsp3) is 0.462. The van der Waals surface area contributed by atoms with Crippen LogP contribution in [-0.2, 0) is 14.8 Å². The lowest BCUT2D eigenvalue weighted by Crippen LogP contribution is -2.35. The van der Waals surface area contributed by atoms with Gasteiger partial charge in [-0.3, -0.25) is 4.79 Å². The van der Waals surface area contributed by atoms with E-state index < -0.39 is 10.0 Å². The van der Waals surface area contributed by atoms with Gasteiger partial charge in [0.1, 0.15) is 0 Å². The highest BCUT2D eigenvalue weighted by Gasteiger charge is 2.13. The maximum atomic E-state index is 11.9. The van der Waals surface area contributed by atoms with Crippen LogP contribution in [0.1, 0.15) is 20.3 Å². The number of sulfonamides is 1. The first-order chi connectivity index (χ1) is 9.31. The summed E-state index contributed by atoms with van der Waals surface area (Å²) in [6.45, 7) is 4.28. The molecule has 0 saturated heterocycles. The van der Waals surface area contributed by atoms with Crippen LogP contribution in [0.25, 0.3) is 0 Å². The topological polar surface area (TPSA) is 75.3 Å². The molecule has 0 aliphatic rings. The molecular weight excluding hydrogens is 300 g/mol. The number of amides is 1. The first kappa shape index (κ1) is 16.9. The summed E-state index contributed by atoms with van der Waals surface area (Å²) in [6.07, 6.45) is 0.432. The molecule has 0 fully saturated rings. The fourth-order valence-corrected chi connectivity index (χ4v) is 2.88. The number of hydrogen-bond donors (Lipinski definition) is 2. The third-order valence-electron chi connectivity index (χ3n) is 2.44. The number of nitrogens with one attached hydrogen (secondary N) is 2. The Bertz CT molecular complexity index is 558. The maximum Gasteiger partial charge on any atom is 0.240 e. The van der Waals surface area contributed by atoms with E-state index in [1.165, 1.54) is 12.1 Å². The van der Waals surface area contributed by atoms with Gasteiger partial charge >= 0.3 is 0 Å². The average Bonchev–Trinajstić information content (AvgIpc) is 2.34. The predicted octanol–water partition coefficient (Wildman–Crippen LogP) is 1.78. The zero-order valence-electron chi connectivity index (χ0n) is 11.5. The molecule has 1 amide bonds. The number of benzene rings is 1. The van der Waals surface area contributed by atoms with Crippen LogP contribution in [0, 0.1) is 5.92 Å². The highest BCUT2D eigenvalue weighted by Crippen LogP contribution is 2.14. The minimum absolute atomic E-state index is 0.0815. The van der Waals surface area contributed by atoms with Crippen molar-refractivity contribution >= 4 is 27.5 Å². The Hall–Kier alpha value is -1.11. The molecule has 0 unspecified atom stereocenters. The van der Waals surface area contributed by atoms with Gasteiger partial charge in [-0.2, -0.15) is 0 Å². The quantitative estimate of drug-likeness (QED) is 0.752. The zero-order valence-corrected chi connectivity index (χ0v) is 13.1. The van der Waals surface area contributed by atoms with Crippen LogP contribution < -0.4 is 10.0 Å². The molecule has 0 atom stereocenters. The van der Waals surface area contributed by atoms with E-state index in [1.807, 2.05) is 13.8 Å². The lowest BCUT2D eigenvalue weighted by atomic mass is 10.1. The number of hydrogen-bond acceptors (Lipinski definition) is 3. The van der Waals surface area contributed by atoms with E-state index in [-0.39, 0.29) is 29.8 Å². The zero-order chi connectivity index (χ0) is 15.2. The lowest BCUT2D eigenvalue weighted by molar-refractivity contribution is -0.121. The molecule has 0 aromatic heterocycles. The maximum absolute atomic E-state index is 11.9. The second kappa shape index (κ2) is 7.61. The van der Waals surface area contributed by atoms with Crippen molar-refractivity contribution < 1.29 is 13.2 Å². The number of halogens is 1. The fourth-order valence-electron chi connectivity index (χ4n) is 1.55. The van der Waals surface area contributed by atoms with Gasteiger partial charge in [0.25, 0.3) is 0 Å². The Morgan fingerprint density at radius 2 is 2.00 bits per heavy atom. The average molecular weight is 319 g/mol. The van der Waals surface area contributed by atoms with E-state index >= 15 is 0 Å². The summed E-state index contributed by atoms with van der Waals surface area (Å²) in [4.78, 5) is 11.5. The molecule has 0 bridgehead atoms. The molecule has 20 heavy (non-hydrogen) atoms. The summed E-state index contributed by atoms with van der Waals surface area (Å²) in [5.41, 5.74) is 0. The SMILES string of the molecule is CC(C)CC(=O)NCCNS(=O)(=O)c1cccc(Cl)c1. The van der Waals surface area contributed by atoms with E-state index in [4.69, 9.17) is 11.6 Å². The second-order valence-electron chi connectivity index (χ2n) is 4.80. The van der Waals surface area contributed by atoms with E-state index in [0.29, 0.717) is 11.4 Å². The number of carbonyl (C=O) groups excluding carboxylic acids is 1. The monoisotopic (exact) mass is 318 g/mol. The van der Waals surface area contributed by atoms with Crippen molar-refractivity contribution in [2.45, 2.75) is 25.2 Å². The van der Waals surface area contributed by atoms with Crippen molar-refractivity contribution in [3.8, 4) is 0 Å². The summed E-state index contributed by atoms with van der Waals surface area (Å²) in [6, 6.07) is 6.01. The van der Waals surface area contributed by atoms with Crippen LogP contribution >= 0.6 is 11.6 Å². The standard InChI is InChI=1S/C13H19ClN2O3S/c1-10(2)8-13(17)15-6-7-16-20(18,19)12-5-3-4-11(14)9-12/h3-5,9-10,16H,6-8H2,1-2H3,(H,15,17). The van der Waals surface area contributed by atoms with Crippen molar-refractivity contribution in [3.63, 3.8) is 0 Å². The van der Waals surface area contributed by atoms with Crippen molar-refractivity contribution in [3.05, 3.63) is 29.3 Å². The van der Waals surface area contributed by atoms with Crippen molar-refractivity contribution in [1.29, 1.82) is 0 Å². The molecular formula is C13H19ClN2O3S. The Morgan fingerprint density at radius 3 is 2.60 bits per heavy atom. The van der Waals surface area contributed by atoms with E-state index in [9.17, 15) is 13.2 Å². The van der Waals surface area contributed by atoms with Crippen molar-refractivity contribution in [2.24, 2.45) is 5.92 Å². The van der Waals surface area contributed by atoms with Gasteiger partial charge in [-0.25, -0.2) is 13.1 Å². The molecule has 7 heteroatoms. The Balaban J connectivity index is 2.43. The van der Waals surface area contributed by atoms with Crippen LogP contribution in [-0.4, -0.2) is 27.4 Å². The molecule has 0 aliphatic carbocycles. The minimum atomic E-state index is -3.59. The predicted molar refractivity (Wildman–Crippen MR) is 79.1 cm³/mol. The van der Waals surface area contributed by atoms with Gasteiger partial charge in [-0.05, 0) is 24.1 Å². The number of carbonyl (C=O) groups is 1. The molecule has 0 saturated carbocycles. The van der Waals surface area contributed by atoms with Gasteiger partial charge < -0.3 is 5.32 Å². The van der Waals surface area contributed by atoms with Gasteiger partial charge in [0.05, 0.1) is 4.90 Å². The van der Waals surface area contributed by atoms with E-state index in [1.54, 1.807) is 12.1 Å². The van der Waals surface area contributed by atoms with Crippen LogP contribution in [0.2, 0.25) is 5.02 Å². The third-order valence-corrected chi connectivity index (χ3v) is 4.13. The highest BCUT2D eigenvalue weighted by atomic mass is 35.5. The first-order valence-corrected chi connectivity index (χ1v) is 8.19. The Morgan fingerprint density at radius 1 is 1.30 bits per heavy atom. The highest BCUT2D eigenvalue weighted by molar-refractivity contribution is 7.89. The van der Waals surface area contributed by atoms with Gasteiger partial charge in [-0.1, -0.05) is 31.5 Å².